The number of aryl methyl sites for hydroxylation is 2. The van der Waals surface area contributed by atoms with Gasteiger partial charge in [0.2, 0.25) is 9.60 Å². The van der Waals surface area contributed by atoms with Gasteiger partial charge in [0, 0.05) is 36.2 Å². The Morgan fingerprint density at radius 2 is 1.38 bits per heavy atom. The normalized spacial score (nSPS) is 13.6. The molecule has 2 heterocycles. The molecule has 0 N–H and O–H groups in total. The van der Waals surface area contributed by atoms with E-state index in [4.69, 9.17) is 0 Å². The van der Waals surface area contributed by atoms with E-state index in [1.807, 2.05) is 23.2 Å². The maximum absolute atomic E-state index is 4.28. The van der Waals surface area contributed by atoms with Crippen molar-refractivity contribution in [3.8, 4) is 0 Å². The largest absolute Gasteiger partial charge is 0.323 e. The van der Waals surface area contributed by atoms with Gasteiger partial charge in [0.05, 0.1) is 0 Å². The summed E-state index contributed by atoms with van der Waals surface area (Å²) in [5.41, 5.74) is 0. The summed E-state index contributed by atoms with van der Waals surface area (Å²) in [5, 5.41) is 12.6. The van der Waals surface area contributed by atoms with Gasteiger partial charge in [-0.25, -0.2) is 0 Å². The minimum Gasteiger partial charge on any atom is -0.323 e. The van der Waals surface area contributed by atoms with E-state index in [0.29, 0.717) is 0 Å². The predicted molar refractivity (Wildman–Crippen MR) is 67.1 cm³/mol. The van der Waals surface area contributed by atoms with E-state index >= 15 is 0 Å². The second-order valence-corrected chi connectivity index (χ2v) is 4.89. The summed E-state index contributed by atoms with van der Waals surface area (Å²) in [6, 6.07) is 0. The second kappa shape index (κ2) is 5.27. The molecule has 2 aromatic heterocycles. The first-order chi connectivity index (χ1) is 7.85. The summed E-state index contributed by atoms with van der Waals surface area (Å²) in [6.07, 6.45) is 4.06. The second-order valence-electron chi connectivity index (χ2n) is 3.14. The molecule has 0 aliphatic heterocycles. The van der Waals surface area contributed by atoms with Gasteiger partial charge in [0.15, 0.2) is 0 Å². The van der Waals surface area contributed by atoms with E-state index in [2.05, 4.69) is 33.2 Å². The highest BCUT2D eigenvalue weighted by molar-refractivity contribution is 7.07. The third-order valence-corrected chi connectivity index (χ3v) is 3.79. The van der Waals surface area contributed by atoms with Crippen LogP contribution < -0.4 is 9.60 Å². The van der Waals surface area contributed by atoms with Gasteiger partial charge in [-0.3, -0.25) is 0 Å². The van der Waals surface area contributed by atoms with Crippen LogP contribution in [0.15, 0.2) is 33.4 Å². The minimum atomic E-state index is 0.927. The zero-order chi connectivity index (χ0) is 11.4. The molecule has 0 aromatic carbocycles. The van der Waals surface area contributed by atoms with Crippen molar-refractivity contribution in [2.75, 3.05) is 0 Å². The van der Waals surface area contributed by atoms with Crippen LogP contribution in [-0.2, 0) is 13.1 Å². The molecule has 0 spiro atoms. The molecule has 86 valence electrons. The van der Waals surface area contributed by atoms with Crippen LogP contribution in [0.2, 0.25) is 0 Å². The molecular formula is C10H14N4S2. The monoisotopic (exact) mass is 254 g/mol. The Bertz CT molecular complexity index is 517. The van der Waals surface area contributed by atoms with E-state index < -0.39 is 0 Å². The lowest BCUT2D eigenvalue weighted by Crippen LogP contribution is -2.15. The third-order valence-electron chi connectivity index (χ3n) is 2.22. The number of thiazole rings is 2. The quantitative estimate of drug-likeness (QED) is 0.750. The Labute approximate surface area is 102 Å². The van der Waals surface area contributed by atoms with Crippen LogP contribution in [0.1, 0.15) is 13.8 Å². The van der Waals surface area contributed by atoms with E-state index in [0.717, 1.165) is 22.7 Å². The van der Waals surface area contributed by atoms with Gasteiger partial charge in [0.1, 0.15) is 0 Å². The van der Waals surface area contributed by atoms with Gasteiger partial charge in [0.25, 0.3) is 0 Å². The Balaban J connectivity index is 2.43. The number of hydrogen-bond donors (Lipinski definition) is 0. The molecule has 6 heteroatoms. The highest BCUT2D eigenvalue weighted by Gasteiger charge is 1.92. The summed E-state index contributed by atoms with van der Waals surface area (Å²) < 4.78 is 4.16. The van der Waals surface area contributed by atoms with E-state index in [1.165, 1.54) is 0 Å². The fourth-order valence-corrected chi connectivity index (χ4v) is 2.81. The highest BCUT2D eigenvalue weighted by atomic mass is 32.1. The standard InChI is InChI=1S/C10H14N4S2/c1-3-13-5-7-15-9(13)11-12-10-14(4-2)6-8-16-10/h5-8H,3-4H2,1-2H3. The molecule has 0 saturated carbocycles. The van der Waals surface area contributed by atoms with Crippen molar-refractivity contribution >= 4 is 22.7 Å². The SMILES string of the molecule is CCn1ccsc1=NN=c1sccn1CC. The summed E-state index contributed by atoms with van der Waals surface area (Å²) >= 11 is 3.21. The lowest BCUT2D eigenvalue weighted by atomic mass is 10.7. The first kappa shape index (κ1) is 11.3. The average Bonchev–Trinajstić information content (AvgIpc) is 2.94. The summed E-state index contributed by atoms with van der Waals surface area (Å²) in [5.74, 6) is 0. The van der Waals surface area contributed by atoms with Gasteiger partial charge >= 0.3 is 0 Å². The van der Waals surface area contributed by atoms with Crippen LogP contribution in [-0.4, -0.2) is 9.13 Å². The van der Waals surface area contributed by atoms with Crippen LogP contribution >= 0.6 is 22.7 Å². The molecule has 0 aliphatic carbocycles. The Hall–Kier alpha value is -1.14. The molecule has 0 bridgehead atoms. The molecule has 16 heavy (non-hydrogen) atoms. The smallest absolute Gasteiger partial charge is 0.210 e. The number of rotatable bonds is 3. The van der Waals surface area contributed by atoms with Crippen molar-refractivity contribution in [2.45, 2.75) is 26.9 Å². The van der Waals surface area contributed by atoms with E-state index in [1.54, 1.807) is 22.7 Å². The van der Waals surface area contributed by atoms with Crippen molar-refractivity contribution in [3.63, 3.8) is 0 Å². The molecule has 0 atom stereocenters. The molecule has 0 fully saturated rings. The van der Waals surface area contributed by atoms with Crippen molar-refractivity contribution in [3.05, 3.63) is 32.8 Å². The lowest BCUT2D eigenvalue weighted by molar-refractivity contribution is 0.707. The predicted octanol–water partition coefficient (Wildman–Crippen LogP) is 1.87. The molecule has 0 amide bonds. The highest BCUT2D eigenvalue weighted by Crippen LogP contribution is 1.91. The fraction of sp³-hybridized carbons (Fsp3) is 0.400. The van der Waals surface area contributed by atoms with E-state index in [9.17, 15) is 0 Å². The Kier molecular flexibility index (Phi) is 3.74. The molecule has 2 aromatic rings. The summed E-state index contributed by atoms with van der Waals surface area (Å²) in [6.45, 7) is 6.05. The number of aromatic nitrogens is 2. The van der Waals surface area contributed by atoms with Gasteiger partial charge in [-0.05, 0) is 13.8 Å². The minimum absolute atomic E-state index is 0.927. The number of hydrogen-bond acceptors (Lipinski definition) is 4. The molecule has 0 saturated heterocycles. The van der Waals surface area contributed by atoms with Gasteiger partial charge in [-0.15, -0.1) is 32.9 Å². The maximum Gasteiger partial charge on any atom is 0.210 e. The molecule has 2 rings (SSSR count). The summed E-state index contributed by atoms with van der Waals surface area (Å²) in [4.78, 5) is 1.89. The van der Waals surface area contributed by atoms with Crippen molar-refractivity contribution in [1.82, 2.24) is 9.13 Å². The van der Waals surface area contributed by atoms with Crippen LogP contribution in [0.5, 0.6) is 0 Å². The van der Waals surface area contributed by atoms with Gasteiger partial charge in [-0.2, -0.15) is 0 Å². The fourth-order valence-electron chi connectivity index (χ4n) is 1.32. The van der Waals surface area contributed by atoms with Gasteiger partial charge < -0.3 is 9.13 Å². The van der Waals surface area contributed by atoms with Crippen molar-refractivity contribution < 1.29 is 0 Å². The van der Waals surface area contributed by atoms with E-state index in [-0.39, 0.29) is 0 Å². The molecule has 4 nitrogen and oxygen atoms in total. The van der Waals surface area contributed by atoms with Crippen molar-refractivity contribution in [2.24, 2.45) is 10.2 Å². The zero-order valence-electron chi connectivity index (χ0n) is 9.33. The van der Waals surface area contributed by atoms with Crippen LogP contribution in [0, 0.1) is 0 Å². The van der Waals surface area contributed by atoms with Crippen LogP contribution in [0.25, 0.3) is 0 Å². The van der Waals surface area contributed by atoms with Crippen LogP contribution in [0.4, 0.5) is 0 Å². The topological polar surface area (TPSA) is 34.6 Å². The zero-order valence-corrected chi connectivity index (χ0v) is 11.0. The number of nitrogens with zero attached hydrogens (tertiary/aromatic N) is 4. The third kappa shape index (κ3) is 2.33. The molecule has 0 unspecified atom stereocenters. The van der Waals surface area contributed by atoms with Crippen LogP contribution in [0.3, 0.4) is 0 Å². The molecule has 0 aliphatic rings. The van der Waals surface area contributed by atoms with Crippen molar-refractivity contribution in [1.29, 1.82) is 0 Å². The van der Waals surface area contributed by atoms with Gasteiger partial charge in [-0.1, -0.05) is 0 Å². The Morgan fingerprint density at radius 1 is 0.938 bits per heavy atom. The molecule has 0 radical (unpaired) electrons. The first-order valence-corrected chi connectivity index (χ1v) is 6.96. The Morgan fingerprint density at radius 3 is 1.75 bits per heavy atom. The lowest BCUT2D eigenvalue weighted by Gasteiger charge is -1.94. The first-order valence-electron chi connectivity index (χ1n) is 5.20. The summed E-state index contributed by atoms with van der Waals surface area (Å²) in [7, 11) is 0. The molecular weight excluding hydrogens is 240 g/mol. The average molecular weight is 254 g/mol. The maximum atomic E-state index is 4.28.